The largest absolute Gasteiger partial charge is 0.493 e. The molecule has 8 heterocycles. The Hall–Kier alpha value is -11.4. The molecular formula is C80H104N16O18. The molecule has 114 heavy (non-hydrogen) atoms. The molecule has 4 aromatic carbocycles. The number of nitrogens with one attached hydrogen (secondary N) is 8. The number of ether oxygens (including phenoxy) is 6. The summed E-state index contributed by atoms with van der Waals surface area (Å²) >= 11 is 0. The third kappa shape index (κ3) is 20.9. The molecular weight excluding hydrogens is 1470 g/mol. The van der Waals surface area contributed by atoms with Crippen LogP contribution in [0.25, 0.3) is 0 Å². The fraction of sp³-hybridized carbons (Fsp3) is 0.525. The summed E-state index contributed by atoms with van der Waals surface area (Å²) in [5, 5.41) is 62.4. The number of carbonyl (C=O) groups is 10. The molecule has 4 fully saturated rings. The van der Waals surface area contributed by atoms with E-state index in [9.17, 15) is 39.0 Å². The molecule has 0 spiro atoms. The molecule has 8 amide bonds. The minimum atomic E-state index is -1.54. The molecule has 10 N–H and O–H groups in total. The zero-order valence-corrected chi connectivity index (χ0v) is 65.5. The summed E-state index contributed by atoms with van der Waals surface area (Å²) in [7, 11) is 9.07. The SMILES string of the molecule is CN[C@@H](C)C(=O)N[C@@H](C(=O)N1C[C@@H]2C[C@H]1C(=O)N[C@@H](Cc1ccc(OC)c(OC)c1)C(=O)N[C@H](C(=O)O)Cc1ccc(cc1)OCc1cn(nn1)[C@H]1C[C@@H](C(=O)N[C@@H](Cc3ccc(OC)c(OC)c3)C(=O)N[C@H](C(=O)O)Cc3ccc(cc3)OCc3cn2nn3)N(C(=O)[C@H](NC(=O)[C@H](C)NC)C2CCCCC2)C1)C1CCCCC1. The third-order valence-corrected chi connectivity index (χ3v) is 22.4. The summed E-state index contributed by atoms with van der Waals surface area (Å²) < 4.78 is 37.6. The minimum absolute atomic E-state index is 0.0446. The molecule has 2 saturated heterocycles. The number of aliphatic carboxylic acids is 2. The Bertz CT molecular complexity index is 4100. The third-order valence-electron chi connectivity index (χ3n) is 22.4. The number of carbonyl (C=O) groups excluding carboxylic acids is 8. The van der Waals surface area contributed by atoms with Crippen molar-refractivity contribution in [2.45, 2.75) is 202 Å². The van der Waals surface area contributed by atoms with Gasteiger partial charge in [-0.1, -0.05) is 85.3 Å². The fourth-order valence-corrected chi connectivity index (χ4v) is 15.6. The van der Waals surface area contributed by atoms with Gasteiger partial charge in [0.25, 0.3) is 0 Å². The van der Waals surface area contributed by atoms with E-state index in [0.717, 1.165) is 38.5 Å². The smallest absolute Gasteiger partial charge is 0.326 e. The number of methoxy groups -OCH3 is 4. The molecule has 2 aromatic heterocycles. The van der Waals surface area contributed by atoms with Crippen LogP contribution >= 0.6 is 0 Å². The number of hydrogen-bond acceptors (Lipinski definition) is 22. The topological polar surface area (TPSA) is 431 Å². The molecule has 612 valence electrons. The van der Waals surface area contributed by atoms with E-state index >= 15 is 19.2 Å². The van der Waals surface area contributed by atoms with Crippen molar-refractivity contribution in [1.82, 2.24) is 82.3 Å². The maximum atomic E-state index is 15.5. The highest BCUT2D eigenvalue weighted by molar-refractivity contribution is 5.98. The first-order valence-electron chi connectivity index (χ1n) is 38.9. The van der Waals surface area contributed by atoms with Crippen molar-refractivity contribution < 1.29 is 86.6 Å². The number of carboxylic acid groups (broad SMARTS) is 2. The van der Waals surface area contributed by atoms with Gasteiger partial charge in [-0.15, -0.1) is 10.2 Å². The van der Waals surface area contributed by atoms with Crippen LogP contribution in [0, 0.1) is 11.8 Å². The first-order valence-corrected chi connectivity index (χ1v) is 38.9. The van der Waals surface area contributed by atoms with Crippen LogP contribution in [-0.4, -0.2) is 225 Å². The van der Waals surface area contributed by atoms with E-state index in [1.165, 1.54) is 47.6 Å². The zero-order chi connectivity index (χ0) is 81.3. The fourth-order valence-electron chi connectivity index (χ4n) is 15.6. The van der Waals surface area contributed by atoms with Gasteiger partial charge in [-0.3, -0.25) is 38.4 Å². The summed E-state index contributed by atoms with van der Waals surface area (Å²) in [5.74, 6) is -6.31. The summed E-state index contributed by atoms with van der Waals surface area (Å²) in [6, 6.07) is 9.44. The van der Waals surface area contributed by atoms with Crippen LogP contribution in [0.3, 0.4) is 0 Å². The number of aromatic nitrogens is 6. The van der Waals surface area contributed by atoms with Crippen LogP contribution in [0.5, 0.6) is 34.5 Å². The van der Waals surface area contributed by atoms with Crippen LogP contribution in [0.4, 0.5) is 0 Å². The molecule has 12 bridgehead atoms. The quantitative estimate of drug-likeness (QED) is 0.0525. The van der Waals surface area contributed by atoms with Gasteiger partial charge in [0.05, 0.1) is 65.0 Å². The van der Waals surface area contributed by atoms with Crippen molar-refractivity contribution in [3.63, 3.8) is 0 Å². The summed E-state index contributed by atoms with van der Waals surface area (Å²) in [4.78, 5) is 149. The number of likely N-dealkylation sites (tertiary alicyclic amines) is 2. The molecule has 34 heteroatoms. The lowest BCUT2D eigenvalue weighted by molar-refractivity contribution is -0.144. The second kappa shape index (κ2) is 38.9. The molecule has 0 unspecified atom stereocenters. The lowest BCUT2D eigenvalue weighted by Crippen LogP contribution is -2.60. The van der Waals surface area contributed by atoms with Gasteiger partial charge in [-0.05, 0) is 136 Å². The van der Waals surface area contributed by atoms with Crippen LogP contribution in [0.1, 0.15) is 137 Å². The number of rotatable bonds is 20. The predicted octanol–water partition coefficient (Wildman–Crippen LogP) is 3.08. The van der Waals surface area contributed by atoms with Crippen LogP contribution < -0.4 is 71.0 Å². The number of amides is 8. The average molecular weight is 1580 g/mol. The second-order valence-corrected chi connectivity index (χ2v) is 29.9. The molecule has 34 nitrogen and oxygen atoms in total. The average Bonchev–Trinajstić information content (AvgIpc) is 1.63. The Kier molecular flexibility index (Phi) is 28.5. The second-order valence-electron chi connectivity index (χ2n) is 29.9. The van der Waals surface area contributed by atoms with Crippen molar-refractivity contribution in [1.29, 1.82) is 0 Å². The molecule has 8 aliphatic rings. The molecule has 6 aliphatic heterocycles. The van der Waals surface area contributed by atoms with Crippen molar-refractivity contribution in [3.8, 4) is 34.5 Å². The lowest BCUT2D eigenvalue weighted by Gasteiger charge is -2.35. The molecule has 14 rings (SSSR count). The van der Waals surface area contributed by atoms with Gasteiger partial charge in [0.15, 0.2) is 23.0 Å². The highest BCUT2D eigenvalue weighted by atomic mass is 16.5. The molecule has 0 radical (unpaired) electrons. The van der Waals surface area contributed by atoms with E-state index in [0.29, 0.717) is 93.8 Å². The van der Waals surface area contributed by atoms with Gasteiger partial charge in [0, 0.05) is 51.6 Å². The van der Waals surface area contributed by atoms with Crippen LogP contribution in [-0.2, 0) is 86.8 Å². The monoisotopic (exact) mass is 1580 g/mol. The maximum absolute atomic E-state index is 15.5. The minimum Gasteiger partial charge on any atom is -0.493 e. The number of likely N-dealkylation sites (N-methyl/N-ethyl adjacent to an activating group) is 2. The van der Waals surface area contributed by atoms with E-state index in [-0.39, 0.29) is 76.7 Å². The van der Waals surface area contributed by atoms with E-state index < -0.39 is 132 Å². The Morgan fingerprint density at radius 2 is 0.868 bits per heavy atom. The van der Waals surface area contributed by atoms with Gasteiger partial charge in [-0.25, -0.2) is 19.0 Å². The Morgan fingerprint density at radius 3 is 1.21 bits per heavy atom. The number of nitrogens with zero attached hydrogens (tertiary/aromatic N) is 8. The van der Waals surface area contributed by atoms with Gasteiger partial charge < -0.3 is 91.0 Å². The summed E-state index contributed by atoms with van der Waals surface area (Å²) in [6.45, 7) is 2.90. The maximum Gasteiger partial charge on any atom is 0.326 e. The molecule has 2 aliphatic carbocycles. The van der Waals surface area contributed by atoms with Crippen molar-refractivity contribution >= 4 is 59.2 Å². The molecule has 6 aromatic rings. The number of hydrogen-bond donors (Lipinski definition) is 10. The van der Waals surface area contributed by atoms with Gasteiger partial charge >= 0.3 is 11.9 Å². The zero-order valence-electron chi connectivity index (χ0n) is 65.5. The van der Waals surface area contributed by atoms with E-state index in [1.807, 2.05) is 0 Å². The lowest BCUT2D eigenvalue weighted by atomic mass is 9.83. The van der Waals surface area contributed by atoms with Crippen LogP contribution in [0.15, 0.2) is 97.3 Å². The van der Waals surface area contributed by atoms with E-state index in [2.05, 4.69) is 63.2 Å². The first kappa shape index (κ1) is 83.5. The predicted molar refractivity (Wildman–Crippen MR) is 411 cm³/mol. The van der Waals surface area contributed by atoms with E-state index in [4.69, 9.17) is 28.4 Å². The summed E-state index contributed by atoms with van der Waals surface area (Å²) in [6.07, 6.45) is 10.0. The van der Waals surface area contributed by atoms with Crippen molar-refractivity contribution in [3.05, 3.63) is 131 Å². The number of carboxylic acids is 2. The Labute approximate surface area is 660 Å². The standard InChI is InChI=1S/C80H104N16O18/c1-45(81-3)71(97)87-69(51-15-11-9-12-16-51)77(103)93-41-55-37-63(93)75(101)83-59(33-49-23-29-65(109-5)67(35-49)111-7)73(99)85-61(79(105)106)31-47-21-27-58(28-22-47)114-44-54-40-96(92-90-54)56-38-64(94(42-56)78(104)70(52-17-13-10-14-18-52)88-72(98)46(2)82-4)76(102)84-60(34-50-24-30-66(110-6)68(36-50)112-8)74(100)86-62(80(107)108)32-48-19-25-57(26-20-48)113-43-53-39-95(55)91-89-53/h19-30,35-36,39-40,45-46,51-52,55-56,59-64,69-70,81-82H,9-18,31-34,37-38,41-44H2,1-8H3,(H,83,101)(H,84,102)(H,85,99)(H,86,100)(H,87,97)(H,88,98)(H,105,106)(H,107,108)/t45-,46-,55-,56-,59-,60-,61-,62-,63-,64-,69+,70+/m0/s1. The molecule has 2 saturated carbocycles. The summed E-state index contributed by atoms with van der Waals surface area (Å²) in [5.41, 5.74) is 2.62. The van der Waals surface area contributed by atoms with E-state index in [1.54, 1.807) is 125 Å². The Morgan fingerprint density at radius 1 is 0.500 bits per heavy atom. The van der Waals surface area contributed by atoms with Crippen LogP contribution in [0.2, 0.25) is 0 Å². The Balaban J connectivity index is 0.926. The first-order chi connectivity index (χ1) is 54.9. The molecule has 12 atom stereocenters. The normalized spacial score (nSPS) is 22.8. The number of benzene rings is 4. The van der Waals surface area contributed by atoms with Gasteiger partial charge in [0.1, 0.15) is 84.4 Å². The van der Waals surface area contributed by atoms with Gasteiger partial charge in [-0.2, -0.15) is 0 Å². The van der Waals surface area contributed by atoms with Crippen molar-refractivity contribution in [2.75, 3.05) is 55.6 Å². The highest BCUT2D eigenvalue weighted by Crippen LogP contribution is 2.37. The van der Waals surface area contributed by atoms with Crippen molar-refractivity contribution in [2.24, 2.45) is 11.8 Å². The highest BCUT2D eigenvalue weighted by Gasteiger charge is 2.49. The van der Waals surface area contributed by atoms with Gasteiger partial charge in [0.2, 0.25) is 47.3 Å².